The van der Waals surface area contributed by atoms with Crippen LogP contribution in [0.4, 0.5) is 0 Å². The number of hydrogen-bond acceptors (Lipinski definition) is 12. The van der Waals surface area contributed by atoms with Crippen LogP contribution in [0.2, 0.25) is 0 Å². The highest BCUT2D eigenvalue weighted by Gasteiger charge is 2.34. The quantitative estimate of drug-likeness (QED) is 0.421. The van der Waals surface area contributed by atoms with Crippen LogP contribution in [-0.2, 0) is 38.5 Å². The zero-order valence-electron chi connectivity index (χ0n) is 20.5. The fourth-order valence-electron chi connectivity index (χ4n) is 3.61. The zero-order chi connectivity index (χ0) is 26.0. The van der Waals surface area contributed by atoms with Gasteiger partial charge in [-0.25, -0.2) is 0 Å². The maximum Gasteiger partial charge on any atom is 0.323 e. The van der Waals surface area contributed by atoms with Crippen LogP contribution in [0.3, 0.4) is 0 Å². The molecule has 1 heterocycles. The summed E-state index contributed by atoms with van der Waals surface area (Å²) in [5.74, 6) is -2.91. The first-order chi connectivity index (χ1) is 16.5. The lowest BCUT2D eigenvalue weighted by atomic mass is 10.3. The SMILES string of the molecule is CC(=O)ON1CCN(CC(=O)N(CC(=O)O)C2CC2)CCN(OC(C)=O)CCN(OC(C)=O)CC1. The number of rotatable bonds is 8. The molecule has 14 nitrogen and oxygen atoms in total. The summed E-state index contributed by atoms with van der Waals surface area (Å²) in [6.45, 7) is 5.41. The summed E-state index contributed by atoms with van der Waals surface area (Å²) >= 11 is 0. The van der Waals surface area contributed by atoms with E-state index >= 15 is 0 Å². The molecule has 1 saturated heterocycles. The molecule has 2 aliphatic rings. The average Bonchev–Trinajstić information content (AvgIpc) is 3.57. The van der Waals surface area contributed by atoms with E-state index in [4.69, 9.17) is 14.5 Å². The lowest BCUT2D eigenvalue weighted by Crippen LogP contribution is -2.49. The molecule has 1 aliphatic carbocycles. The standard InChI is InChI=1S/C21H35N5O9/c1-16(27)33-23-8-6-22(14-20(30)26(15-21(31)32)19-4-5-19)7-9-24(34-17(2)28)11-13-25(12-10-23)35-18(3)29/h19H,4-15H2,1-3H3,(H,31,32). The van der Waals surface area contributed by atoms with Gasteiger partial charge < -0.3 is 24.5 Å². The van der Waals surface area contributed by atoms with Crippen LogP contribution in [0.5, 0.6) is 0 Å². The summed E-state index contributed by atoms with van der Waals surface area (Å²) in [5.41, 5.74) is 0. The number of carbonyl (C=O) groups is 5. The van der Waals surface area contributed by atoms with E-state index in [9.17, 15) is 29.1 Å². The van der Waals surface area contributed by atoms with Gasteiger partial charge in [-0.3, -0.25) is 28.9 Å². The van der Waals surface area contributed by atoms with E-state index in [-0.39, 0.29) is 64.3 Å². The van der Waals surface area contributed by atoms with Gasteiger partial charge in [0.1, 0.15) is 6.54 Å². The first-order valence-electron chi connectivity index (χ1n) is 11.6. The van der Waals surface area contributed by atoms with Gasteiger partial charge in [0.15, 0.2) is 0 Å². The molecule has 0 aromatic heterocycles. The number of carboxylic acid groups (broad SMARTS) is 1. The van der Waals surface area contributed by atoms with Crippen LogP contribution in [0.25, 0.3) is 0 Å². The third-order valence-electron chi connectivity index (χ3n) is 5.27. The van der Waals surface area contributed by atoms with Gasteiger partial charge in [0.2, 0.25) is 5.91 Å². The number of carboxylic acids is 1. The summed E-state index contributed by atoms with van der Waals surface area (Å²) in [7, 11) is 0. The molecule has 0 bridgehead atoms. The number of carbonyl (C=O) groups excluding carboxylic acids is 4. The average molecular weight is 502 g/mol. The predicted molar refractivity (Wildman–Crippen MR) is 119 cm³/mol. The molecule has 0 aromatic carbocycles. The third-order valence-corrected chi connectivity index (χ3v) is 5.27. The highest BCUT2D eigenvalue weighted by molar-refractivity contribution is 5.83. The van der Waals surface area contributed by atoms with E-state index in [1.165, 1.54) is 40.9 Å². The summed E-state index contributed by atoms with van der Waals surface area (Å²) < 4.78 is 0. The van der Waals surface area contributed by atoms with Crippen LogP contribution in [-0.4, -0.2) is 131 Å². The molecule has 0 spiro atoms. The Hall–Kier alpha value is -2.81. The first-order valence-corrected chi connectivity index (χ1v) is 11.6. The minimum absolute atomic E-state index is 0.0365. The minimum Gasteiger partial charge on any atom is -0.480 e. The van der Waals surface area contributed by atoms with Crippen LogP contribution >= 0.6 is 0 Å². The molecule has 198 valence electrons. The second-order valence-corrected chi connectivity index (χ2v) is 8.46. The molecular weight excluding hydrogens is 466 g/mol. The largest absolute Gasteiger partial charge is 0.480 e. The molecule has 0 unspecified atom stereocenters. The number of amides is 1. The number of nitrogens with zero attached hydrogens (tertiary/aromatic N) is 5. The van der Waals surface area contributed by atoms with Crippen LogP contribution in [0.15, 0.2) is 0 Å². The van der Waals surface area contributed by atoms with Crippen molar-refractivity contribution in [3.63, 3.8) is 0 Å². The van der Waals surface area contributed by atoms with E-state index in [1.807, 2.05) is 0 Å². The molecule has 0 aromatic rings. The van der Waals surface area contributed by atoms with Gasteiger partial charge in [-0.05, 0) is 12.8 Å². The molecule has 0 atom stereocenters. The van der Waals surface area contributed by atoms with Crippen molar-refractivity contribution >= 4 is 29.8 Å². The number of hydroxylamine groups is 6. The minimum atomic E-state index is -1.07. The van der Waals surface area contributed by atoms with Gasteiger partial charge in [-0.15, -0.1) is 15.2 Å². The smallest absolute Gasteiger partial charge is 0.323 e. The molecule has 35 heavy (non-hydrogen) atoms. The monoisotopic (exact) mass is 501 g/mol. The van der Waals surface area contributed by atoms with E-state index in [0.717, 1.165) is 12.8 Å². The zero-order valence-corrected chi connectivity index (χ0v) is 20.5. The van der Waals surface area contributed by atoms with Gasteiger partial charge in [0.05, 0.1) is 32.7 Å². The Morgan fingerprint density at radius 1 is 0.714 bits per heavy atom. The number of hydrogen-bond donors (Lipinski definition) is 1. The Labute approximate surface area is 204 Å². The topological polar surface area (TPSA) is 149 Å². The van der Waals surface area contributed by atoms with Gasteiger partial charge in [0.25, 0.3) is 0 Å². The van der Waals surface area contributed by atoms with Crippen molar-refractivity contribution < 1.29 is 43.6 Å². The summed E-state index contributed by atoms with van der Waals surface area (Å²) in [6, 6.07) is -0.0617. The highest BCUT2D eigenvalue weighted by atomic mass is 16.7. The highest BCUT2D eigenvalue weighted by Crippen LogP contribution is 2.26. The third kappa shape index (κ3) is 11.4. The second-order valence-electron chi connectivity index (χ2n) is 8.46. The molecule has 0 radical (unpaired) electrons. The van der Waals surface area contributed by atoms with Crippen molar-refractivity contribution in [3.8, 4) is 0 Å². The normalized spacial score (nSPS) is 19.6. The molecule has 2 fully saturated rings. The lowest BCUT2D eigenvalue weighted by molar-refractivity contribution is -0.217. The van der Waals surface area contributed by atoms with E-state index in [0.29, 0.717) is 13.1 Å². The van der Waals surface area contributed by atoms with Crippen molar-refractivity contribution in [1.29, 1.82) is 0 Å². The first kappa shape index (κ1) is 28.4. The van der Waals surface area contributed by atoms with Crippen LogP contribution in [0.1, 0.15) is 33.6 Å². The van der Waals surface area contributed by atoms with Crippen molar-refractivity contribution in [3.05, 3.63) is 0 Å². The molecule has 1 saturated carbocycles. The molecule has 2 rings (SSSR count). The Balaban J connectivity index is 2.14. The molecule has 1 aliphatic heterocycles. The molecule has 1 N–H and O–H groups in total. The Bertz CT molecular complexity index is 744. The Kier molecular flexibility index (Phi) is 11.3. The van der Waals surface area contributed by atoms with Crippen molar-refractivity contribution in [2.45, 2.75) is 39.7 Å². The molecule has 14 heteroatoms. The van der Waals surface area contributed by atoms with E-state index in [2.05, 4.69) is 0 Å². The van der Waals surface area contributed by atoms with E-state index < -0.39 is 23.9 Å². The van der Waals surface area contributed by atoms with Gasteiger partial charge in [-0.2, -0.15) is 0 Å². The van der Waals surface area contributed by atoms with Crippen molar-refractivity contribution in [2.75, 3.05) is 65.4 Å². The second kappa shape index (κ2) is 13.9. The Morgan fingerprint density at radius 3 is 1.40 bits per heavy atom. The van der Waals surface area contributed by atoms with Gasteiger partial charge in [0, 0.05) is 53.0 Å². The van der Waals surface area contributed by atoms with Crippen molar-refractivity contribution in [2.24, 2.45) is 0 Å². The number of aliphatic carboxylic acids is 1. The lowest BCUT2D eigenvalue weighted by Gasteiger charge is -2.32. The van der Waals surface area contributed by atoms with E-state index in [1.54, 1.807) is 4.90 Å². The summed E-state index contributed by atoms with van der Waals surface area (Å²) in [6.07, 6.45) is 1.55. The summed E-state index contributed by atoms with van der Waals surface area (Å²) in [5, 5.41) is 13.4. The predicted octanol–water partition coefficient (Wildman–Crippen LogP) is -1.28. The van der Waals surface area contributed by atoms with Crippen LogP contribution < -0.4 is 0 Å². The maximum atomic E-state index is 12.9. The fourth-order valence-corrected chi connectivity index (χ4v) is 3.61. The fraction of sp³-hybridized carbons (Fsp3) is 0.762. The van der Waals surface area contributed by atoms with Crippen LogP contribution in [0, 0.1) is 0 Å². The van der Waals surface area contributed by atoms with Crippen molar-refractivity contribution in [1.82, 2.24) is 25.0 Å². The summed E-state index contributed by atoms with van der Waals surface area (Å²) in [4.78, 5) is 77.7. The maximum absolute atomic E-state index is 12.9. The Morgan fingerprint density at radius 2 is 1.09 bits per heavy atom. The van der Waals surface area contributed by atoms with Gasteiger partial charge >= 0.3 is 23.9 Å². The van der Waals surface area contributed by atoms with Gasteiger partial charge in [-0.1, -0.05) is 0 Å². The molecular formula is C21H35N5O9. The molecule has 1 amide bonds.